The molecule has 0 bridgehead atoms. The predicted molar refractivity (Wildman–Crippen MR) is 100 cm³/mol. The molecule has 2 aliphatic rings. The van der Waals surface area contributed by atoms with E-state index in [0.717, 1.165) is 43.4 Å². The van der Waals surface area contributed by atoms with E-state index in [9.17, 15) is 5.11 Å². The number of fused-ring (bicyclic) bond motifs is 3. The summed E-state index contributed by atoms with van der Waals surface area (Å²) in [6, 6.07) is 4.11. The zero-order chi connectivity index (χ0) is 17.5. The fourth-order valence-electron chi connectivity index (χ4n) is 4.70. The van der Waals surface area contributed by atoms with Gasteiger partial charge in [-0.2, -0.15) is 0 Å². The van der Waals surface area contributed by atoms with Gasteiger partial charge in [0.1, 0.15) is 17.1 Å². The molecule has 0 saturated heterocycles. The molecular formula is C21H31ClO2. The normalized spacial score (nSPS) is 31.0. The molecule has 0 radical (unpaired) electrons. The summed E-state index contributed by atoms with van der Waals surface area (Å²) in [5, 5.41) is 10.7. The summed E-state index contributed by atoms with van der Waals surface area (Å²) in [6.45, 7) is 8.71. The van der Waals surface area contributed by atoms with Crippen molar-refractivity contribution in [2.24, 2.45) is 5.92 Å². The molecule has 1 aliphatic heterocycles. The van der Waals surface area contributed by atoms with Gasteiger partial charge in [-0.3, -0.25) is 0 Å². The third-order valence-electron chi connectivity index (χ3n) is 5.99. The number of aryl methyl sites for hydroxylation is 1. The van der Waals surface area contributed by atoms with Gasteiger partial charge < -0.3 is 9.84 Å². The Bertz CT molecular complexity index is 606. The number of alkyl halides is 1. The standard InChI is InChI=1S/C21H31ClO2/c1-5-6-7-8-14-11-17(23)19-15-13-21(4,22)10-9-16(15)20(2,3)24-18(19)12-14/h11-12,15-16,23H,5-10,13H2,1-4H3/t15-,16-,21-/m1/s1. The first-order valence-corrected chi connectivity index (χ1v) is 9.85. The van der Waals surface area contributed by atoms with Gasteiger partial charge in [-0.25, -0.2) is 0 Å². The molecule has 1 N–H and O–H groups in total. The zero-order valence-corrected chi connectivity index (χ0v) is 16.2. The summed E-state index contributed by atoms with van der Waals surface area (Å²) in [4.78, 5) is -0.182. The lowest BCUT2D eigenvalue weighted by Gasteiger charge is -2.50. The van der Waals surface area contributed by atoms with Crippen LogP contribution in [-0.4, -0.2) is 15.6 Å². The van der Waals surface area contributed by atoms with E-state index in [-0.39, 0.29) is 16.4 Å². The van der Waals surface area contributed by atoms with E-state index in [4.69, 9.17) is 16.3 Å². The maximum absolute atomic E-state index is 10.7. The Morgan fingerprint density at radius 2 is 2.00 bits per heavy atom. The summed E-state index contributed by atoms with van der Waals surface area (Å²) >= 11 is 6.70. The molecule has 1 aromatic carbocycles. The highest BCUT2D eigenvalue weighted by molar-refractivity contribution is 6.23. The van der Waals surface area contributed by atoms with Crippen molar-refractivity contribution in [2.75, 3.05) is 0 Å². The molecule has 0 unspecified atom stereocenters. The SMILES string of the molecule is CCCCCc1cc(O)c2c(c1)OC(C)(C)[C@@H]1CC[C@@](C)(Cl)C[C@@H]21. The summed E-state index contributed by atoms with van der Waals surface area (Å²) in [7, 11) is 0. The average molecular weight is 351 g/mol. The van der Waals surface area contributed by atoms with Crippen LogP contribution in [0.15, 0.2) is 12.1 Å². The Kier molecular flexibility index (Phi) is 4.81. The molecule has 24 heavy (non-hydrogen) atoms. The Morgan fingerprint density at radius 1 is 1.25 bits per heavy atom. The molecule has 3 rings (SSSR count). The number of rotatable bonds is 4. The number of hydrogen-bond acceptors (Lipinski definition) is 2. The van der Waals surface area contributed by atoms with Gasteiger partial charge >= 0.3 is 0 Å². The fraction of sp³-hybridized carbons (Fsp3) is 0.714. The smallest absolute Gasteiger partial charge is 0.127 e. The third-order valence-corrected chi connectivity index (χ3v) is 6.34. The molecule has 1 aromatic rings. The maximum atomic E-state index is 10.7. The van der Waals surface area contributed by atoms with Gasteiger partial charge in [0.25, 0.3) is 0 Å². The molecule has 0 aromatic heterocycles. The lowest BCUT2D eigenvalue weighted by atomic mass is 9.64. The van der Waals surface area contributed by atoms with Crippen LogP contribution in [0, 0.1) is 5.92 Å². The second kappa shape index (κ2) is 6.44. The number of benzene rings is 1. The highest BCUT2D eigenvalue weighted by Crippen LogP contribution is 2.57. The van der Waals surface area contributed by atoms with E-state index in [1.165, 1.54) is 18.4 Å². The number of aromatic hydroxyl groups is 1. The summed E-state index contributed by atoms with van der Waals surface area (Å²) in [6.07, 6.45) is 7.55. The van der Waals surface area contributed by atoms with Crippen molar-refractivity contribution < 1.29 is 9.84 Å². The largest absolute Gasteiger partial charge is 0.508 e. The van der Waals surface area contributed by atoms with Crippen LogP contribution in [0.4, 0.5) is 0 Å². The quantitative estimate of drug-likeness (QED) is 0.519. The minimum Gasteiger partial charge on any atom is -0.508 e. The van der Waals surface area contributed by atoms with Crippen molar-refractivity contribution in [2.45, 2.75) is 89.0 Å². The highest BCUT2D eigenvalue weighted by atomic mass is 35.5. The van der Waals surface area contributed by atoms with Crippen molar-refractivity contribution in [3.8, 4) is 11.5 Å². The Balaban J connectivity index is 1.96. The van der Waals surface area contributed by atoms with Crippen LogP contribution in [-0.2, 0) is 6.42 Å². The van der Waals surface area contributed by atoms with Gasteiger partial charge in [0, 0.05) is 16.4 Å². The fourth-order valence-corrected chi connectivity index (χ4v) is 4.98. The lowest BCUT2D eigenvalue weighted by Crippen LogP contribution is -2.48. The van der Waals surface area contributed by atoms with Crippen LogP contribution in [0.3, 0.4) is 0 Å². The van der Waals surface area contributed by atoms with Crippen LogP contribution in [0.2, 0.25) is 0 Å². The van der Waals surface area contributed by atoms with Crippen LogP contribution >= 0.6 is 11.6 Å². The summed E-state index contributed by atoms with van der Waals surface area (Å²) < 4.78 is 6.38. The first-order valence-electron chi connectivity index (χ1n) is 9.47. The van der Waals surface area contributed by atoms with E-state index in [2.05, 4.69) is 33.8 Å². The van der Waals surface area contributed by atoms with E-state index in [1.807, 2.05) is 6.07 Å². The van der Waals surface area contributed by atoms with E-state index in [1.54, 1.807) is 0 Å². The number of unbranched alkanes of at least 4 members (excludes halogenated alkanes) is 2. The number of halogens is 1. The van der Waals surface area contributed by atoms with Crippen molar-refractivity contribution >= 4 is 11.6 Å². The molecule has 0 amide bonds. The molecule has 2 nitrogen and oxygen atoms in total. The molecule has 1 fully saturated rings. The van der Waals surface area contributed by atoms with Gasteiger partial charge in [0.2, 0.25) is 0 Å². The molecule has 3 atom stereocenters. The number of phenolic OH excluding ortho intramolecular Hbond substituents is 1. The van der Waals surface area contributed by atoms with Crippen molar-refractivity contribution in [1.29, 1.82) is 0 Å². The van der Waals surface area contributed by atoms with Crippen LogP contribution in [0.25, 0.3) is 0 Å². The minimum atomic E-state index is -0.209. The van der Waals surface area contributed by atoms with E-state index >= 15 is 0 Å². The first kappa shape index (κ1) is 17.9. The molecule has 3 heteroatoms. The predicted octanol–water partition coefficient (Wildman–Crippen LogP) is 6.18. The van der Waals surface area contributed by atoms with Gasteiger partial charge in [-0.1, -0.05) is 19.8 Å². The number of ether oxygens (including phenoxy) is 1. The zero-order valence-electron chi connectivity index (χ0n) is 15.5. The minimum absolute atomic E-state index is 0.182. The topological polar surface area (TPSA) is 29.5 Å². The first-order chi connectivity index (χ1) is 11.2. The second-order valence-corrected chi connectivity index (χ2v) is 9.47. The van der Waals surface area contributed by atoms with Crippen LogP contribution in [0.1, 0.15) is 83.3 Å². The Labute approximate surface area is 151 Å². The molecule has 1 heterocycles. The number of phenols is 1. The molecule has 0 spiro atoms. The van der Waals surface area contributed by atoms with Crippen LogP contribution < -0.4 is 4.74 Å². The highest BCUT2D eigenvalue weighted by Gasteiger charge is 2.49. The Hall–Kier alpha value is -0.890. The second-order valence-electron chi connectivity index (χ2n) is 8.56. The van der Waals surface area contributed by atoms with Gasteiger partial charge in [0.05, 0.1) is 0 Å². The van der Waals surface area contributed by atoms with Gasteiger partial charge in [-0.15, -0.1) is 11.6 Å². The molecular weight excluding hydrogens is 320 g/mol. The van der Waals surface area contributed by atoms with Crippen LogP contribution in [0.5, 0.6) is 11.5 Å². The summed E-state index contributed by atoms with van der Waals surface area (Å²) in [5.74, 6) is 1.97. The summed E-state index contributed by atoms with van der Waals surface area (Å²) in [5.41, 5.74) is 1.96. The van der Waals surface area contributed by atoms with Gasteiger partial charge in [-0.05, 0) is 76.5 Å². The van der Waals surface area contributed by atoms with Crippen molar-refractivity contribution in [1.82, 2.24) is 0 Å². The molecule has 1 aliphatic carbocycles. The number of hydrogen-bond donors (Lipinski definition) is 1. The molecule has 134 valence electrons. The van der Waals surface area contributed by atoms with Gasteiger partial charge in [0.15, 0.2) is 0 Å². The average Bonchev–Trinajstić information content (AvgIpc) is 2.44. The molecule has 1 saturated carbocycles. The van der Waals surface area contributed by atoms with E-state index in [0.29, 0.717) is 11.7 Å². The van der Waals surface area contributed by atoms with E-state index < -0.39 is 0 Å². The third kappa shape index (κ3) is 3.40. The van der Waals surface area contributed by atoms with Crippen molar-refractivity contribution in [3.63, 3.8) is 0 Å². The Morgan fingerprint density at radius 3 is 2.71 bits per heavy atom. The van der Waals surface area contributed by atoms with Crippen molar-refractivity contribution in [3.05, 3.63) is 23.3 Å². The monoisotopic (exact) mass is 350 g/mol. The lowest BCUT2D eigenvalue weighted by molar-refractivity contribution is -0.0120. The maximum Gasteiger partial charge on any atom is 0.127 e.